The van der Waals surface area contributed by atoms with E-state index in [0.717, 1.165) is 12.0 Å². The van der Waals surface area contributed by atoms with Gasteiger partial charge < -0.3 is 4.98 Å². The molecule has 112 valence electrons. The molecule has 2 nitrogen and oxygen atoms in total. The number of hydrogen-bond acceptors (Lipinski definition) is 2. The van der Waals surface area contributed by atoms with Gasteiger partial charge in [0, 0.05) is 5.69 Å². The van der Waals surface area contributed by atoms with Crippen molar-refractivity contribution in [1.82, 2.24) is 9.97 Å². The third-order valence-electron chi connectivity index (χ3n) is 2.89. The van der Waals surface area contributed by atoms with E-state index in [4.69, 9.17) is 12.2 Å². The Hall–Kier alpha value is -1.69. The van der Waals surface area contributed by atoms with E-state index in [2.05, 4.69) is 23.8 Å². The van der Waals surface area contributed by atoms with Gasteiger partial charge in [0.1, 0.15) is 4.64 Å². The molecular weight excluding hydrogens is 297 g/mol. The molecule has 0 saturated heterocycles. The third-order valence-corrected chi connectivity index (χ3v) is 3.10. The van der Waals surface area contributed by atoms with Crippen LogP contribution in [0.15, 0.2) is 30.3 Å². The second-order valence-corrected chi connectivity index (χ2v) is 5.70. The van der Waals surface area contributed by atoms with E-state index in [0.29, 0.717) is 17.2 Å². The molecule has 2 aromatic rings. The molecule has 0 aliphatic heterocycles. The van der Waals surface area contributed by atoms with Crippen LogP contribution in [0.4, 0.5) is 13.2 Å². The van der Waals surface area contributed by atoms with Crippen LogP contribution >= 0.6 is 12.2 Å². The highest BCUT2D eigenvalue weighted by Gasteiger charge is 2.34. The van der Waals surface area contributed by atoms with Gasteiger partial charge in [0.2, 0.25) is 5.82 Å². The number of aromatic amines is 1. The number of nitrogens with zero attached hydrogens (tertiary/aromatic N) is 1. The number of H-pyrrole nitrogens is 1. The third kappa shape index (κ3) is 4.14. The van der Waals surface area contributed by atoms with Gasteiger partial charge >= 0.3 is 6.18 Å². The number of halogens is 3. The SMILES string of the molecule is CC(C)Cc1cccc(-c2cc(=S)nc(C(F)(F)F)[nH]2)c1. The summed E-state index contributed by atoms with van der Waals surface area (Å²) in [5, 5.41) is 0. The summed E-state index contributed by atoms with van der Waals surface area (Å²) in [4.78, 5) is 5.65. The monoisotopic (exact) mass is 312 g/mol. The molecule has 0 bridgehead atoms. The highest BCUT2D eigenvalue weighted by Crippen LogP contribution is 2.28. The topological polar surface area (TPSA) is 28.7 Å². The molecule has 6 heteroatoms. The highest BCUT2D eigenvalue weighted by molar-refractivity contribution is 7.71. The summed E-state index contributed by atoms with van der Waals surface area (Å²) in [6.07, 6.45) is -3.68. The lowest BCUT2D eigenvalue weighted by Crippen LogP contribution is -2.11. The van der Waals surface area contributed by atoms with E-state index in [-0.39, 0.29) is 4.64 Å². The van der Waals surface area contributed by atoms with Crippen LogP contribution in [0, 0.1) is 10.6 Å². The minimum atomic E-state index is -4.54. The van der Waals surface area contributed by atoms with Gasteiger partial charge in [-0.3, -0.25) is 0 Å². The number of benzene rings is 1. The minimum absolute atomic E-state index is 0.0784. The van der Waals surface area contributed by atoms with Gasteiger partial charge in [0.25, 0.3) is 0 Å². The summed E-state index contributed by atoms with van der Waals surface area (Å²) in [5.41, 5.74) is 2.08. The molecule has 2 rings (SSSR count). The fourth-order valence-corrected chi connectivity index (χ4v) is 2.29. The molecule has 1 N–H and O–H groups in total. The molecule has 21 heavy (non-hydrogen) atoms. The Morgan fingerprint density at radius 3 is 2.57 bits per heavy atom. The predicted molar refractivity (Wildman–Crippen MR) is 78.4 cm³/mol. The van der Waals surface area contributed by atoms with Gasteiger partial charge in [0.15, 0.2) is 0 Å². The molecule has 1 heterocycles. The van der Waals surface area contributed by atoms with Crippen LogP contribution in [-0.2, 0) is 12.6 Å². The zero-order chi connectivity index (χ0) is 15.6. The second-order valence-electron chi connectivity index (χ2n) is 5.28. The van der Waals surface area contributed by atoms with Crippen molar-refractivity contribution >= 4 is 12.2 Å². The maximum absolute atomic E-state index is 12.8. The van der Waals surface area contributed by atoms with Gasteiger partial charge in [-0.05, 0) is 35.6 Å². The van der Waals surface area contributed by atoms with Crippen molar-refractivity contribution in [2.75, 3.05) is 0 Å². The quantitative estimate of drug-likeness (QED) is 0.806. The Balaban J connectivity index is 2.47. The van der Waals surface area contributed by atoms with E-state index in [1.807, 2.05) is 18.2 Å². The summed E-state index contributed by atoms with van der Waals surface area (Å²) >= 11 is 4.83. The number of rotatable bonds is 3. The standard InChI is InChI=1S/C15H15F3N2S/c1-9(2)6-10-4-3-5-11(7-10)12-8-13(21)20-14(19-12)15(16,17)18/h3-5,7-9H,6H2,1-2H3,(H,19,20,21). The number of alkyl halides is 3. The van der Waals surface area contributed by atoms with Crippen LogP contribution in [0.1, 0.15) is 25.2 Å². The maximum atomic E-state index is 12.8. The van der Waals surface area contributed by atoms with Crippen LogP contribution in [0.5, 0.6) is 0 Å². The van der Waals surface area contributed by atoms with Gasteiger partial charge in [-0.25, -0.2) is 4.98 Å². The van der Waals surface area contributed by atoms with Gasteiger partial charge in [-0.1, -0.05) is 44.3 Å². The fraction of sp³-hybridized carbons (Fsp3) is 0.333. The zero-order valence-corrected chi connectivity index (χ0v) is 12.5. The Morgan fingerprint density at radius 1 is 1.24 bits per heavy atom. The molecule has 0 fully saturated rings. The predicted octanol–water partition coefficient (Wildman–Crippen LogP) is 5.02. The Bertz CT molecular complexity index is 690. The number of aromatic nitrogens is 2. The summed E-state index contributed by atoms with van der Waals surface area (Å²) in [6, 6.07) is 8.87. The van der Waals surface area contributed by atoms with Crippen molar-refractivity contribution in [3.8, 4) is 11.3 Å². The van der Waals surface area contributed by atoms with E-state index >= 15 is 0 Å². The van der Waals surface area contributed by atoms with Crippen LogP contribution in [-0.4, -0.2) is 9.97 Å². The molecule has 0 spiro atoms. The molecule has 0 atom stereocenters. The molecule has 0 amide bonds. The molecule has 1 aromatic heterocycles. The first-order valence-corrected chi connectivity index (χ1v) is 6.94. The molecular formula is C15H15F3N2S. The zero-order valence-electron chi connectivity index (χ0n) is 11.7. The minimum Gasteiger partial charge on any atom is -0.336 e. The molecule has 0 radical (unpaired) electrons. The van der Waals surface area contributed by atoms with Crippen LogP contribution < -0.4 is 0 Å². The molecule has 0 aliphatic carbocycles. The van der Waals surface area contributed by atoms with Gasteiger partial charge in [0.05, 0.1) is 0 Å². The molecule has 0 unspecified atom stereocenters. The van der Waals surface area contributed by atoms with Crippen molar-refractivity contribution in [2.24, 2.45) is 5.92 Å². The van der Waals surface area contributed by atoms with E-state index < -0.39 is 12.0 Å². The van der Waals surface area contributed by atoms with Gasteiger partial charge in [-0.15, -0.1) is 0 Å². The Labute approximate surface area is 126 Å². The normalized spacial score (nSPS) is 11.9. The fourth-order valence-electron chi connectivity index (χ4n) is 2.08. The van der Waals surface area contributed by atoms with Crippen molar-refractivity contribution in [1.29, 1.82) is 0 Å². The van der Waals surface area contributed by atoms with Crippen LogP contribution in [0.25, 0.3) is 11.3 Å². The first-order chi connectivity index (χ1) is 9.75. The molecule has 1 aromatic carbocycles. The van der Waals surface area contributed by atoms with Gasteiger partial charge in [-0.2, -0.15) is 13.2 Å². The van der Waals surface area contributed by atoms with Crippen LogP contribution in [0.2, 0.25) is 0 Å². The lowest BCUT2D eigenvalue weighted by molar-refractivity contribution is -0.144. The Kier molecular flexibility index (Phi) is 4.46. The largest absolute Gasteiger partial charge is 0.449 e. The van der Waals surface area contributed by atoms with Crippen molar-refractivity contribution in [2.45, 2.75) is 26.4 Å². The average Bonchev–Trinajstić information content (AvgIpc) is 2.36. The summed E-state index contributed by atoms with van der Waals surface area (Å²) in [5.74, 6) is -0.596. The highest BCUT2D eigenvalue weighted by atomic mass is 32.1. The van der Waals surface area contributed by atoms with Crippen molar-refractivity contribution in [3.63, 3.8) is 0 Å². The van der Waals surface area contributed by atoms with E-state index in [1.54, 1.807) is 6.07 Å². The first kappa shape index (κ1) is 15.7. The van der Waals surface area contributed by atoms with E-state index in [1.165, 1.54) is 6.07 Å². The van der Waals surface area contributed by atoms with Crippen molar-refractivity contribution in [3.05, 3.63) is 46.4 Å². The Morgan fingerprint density at radius 2 is 1.95 bits per heavy atom. The van der Waals surface area contributed by atoms with Crippen molar-refractivity contribution < 1.29 is 13.2 Å². The lowest BCUT2D eigenvalue weighted by Gasteiger charge is -2.10. The summed E-state index contributed by atoms with van der Waals surface area (Å²) in [6.45, 7) is 4.18. The summed E-state index contributed by atoms with van der Waals surface area (Å²) < 4.78 is 38.2. The maximum Gasteiger partial charge on any atom is 0.449 e. The molecule has 0 aliphatic rings. The molecule has 0 saturated carbocycles. The lowest BCUT2D eigenvalue weighted by atomic mass is 10.00. The second kappa shape index (κ2) is 5.97. The average molecular weight is 312 g/mol. The summed E-state index contributed by atoms with van der Waals surface area (Å²) in [7, 11) is 0. The smallest absolute Gasteiger partial charge is 0.336 e. The number of hydrogen-bond donors (Lipinski definition) is 1. The van der Waals surface area contributed by atoms with Crippen LogP contribution in [0.3, 0.4) is 0 Å². The van der Waals surface area contributed by atoms with E-state index in [9.17, 15) is 13.2 Å². The number of nitrogens with one attached hydrogen (secondary N) is 1. The first-order valence-electron chi connectivity index (χ1n) is 6.53.